The van der Waals surface area contributed by atoms with Gasteiger partial charge in [-0.3, -0.25) is 14.2 Å². The lowest BCUT2D eigenvalue weighted by molar-refractivity contribution is 0.414. The normalized spacial score (nSPS) is 14.9. The van der Waals surface area contributed by atoms with Crippen molar-refractivity contribution >= 4 is 39.4 Å². The zero-order valence-electron chi connectivity index (χ0n) is 23.4. The van der Waals surface area contributed by atoms with Crippen LogP contribution in [0.4, 0.5) is 5.82 Å². The molecule has 1 saturated heterocycles. The number of halogens is 1. The number of hydrogen-bond donors (Lipinski definition) is 0. The Morgan fingerprint density at radius 1 is 0.930 bits per heavy atom. The van der Waals surface area contributed by atoms with Crippen molar-refractivity contribution < 1.29 is 4.74 Å². The SMILES string of the molecule is COc1ccc(Cn2ccc(=O)c3c(N4CCC[C@H]4c4nc5cccc(Cl)c5c(=O)n4-c4ccccc4)ncnc32)cc1. The van der Waals surface area contributed by atoms with Crippen molar-refractivity contribution in [3.05, 3.63) is 128 Å². The van der Waals surface area contributed by atoms with Gasteiger partial charge in [0.05, 0.1) is 34.8 Å². The number of aromatic nitrogens is 5. The summed E-state index contributed by atoms with van der Waals surface area (Å²) in [6, 6.07) is 23.8. The molecule has 0 saturated carbocycles. The second kappa shape index (κ2) is 11.0. The number of benzene rings is 3. The molecule has 1 fully saturated rings. The highest BCUT2D eigenvalue weighted by molar-refractivity contribution is 6.35. The Hall–Kier alpha value is -5.02. The Morgan fingerprint density at radius 3 is 2.53 bits per heavy atom. The maximum absolute atomic E-state index is 14.0. The van der Waals surface area contributed by atoms with Crippen LogP contribution >= 0.6 is 11.6 Å². The van der Waals surface area contributed by atoms with Gasteiger partial charge in [0.2, 0.25) is 0 Å². The minimum atomic E-state index is -0.316. The molecule has 0 amide bonds. The zero-order chi connectivity index (χ0) is 29.5. The van der Waals surface area contributed by atoms with E-state index in [9.17, 15) is 9.59 Å². The summed E-state index contributed by atoms with van der Waals surface area (Å²) in [6.07, 6.45) is 4.81. The third-order valence-electron chi connectivity index (χ3n) is 7.95. The van der Waals surface area contributed by atoms with Crippen LogP contribution in [0.15, 0.2) is 101 Å². The largest absolute Gasteiger partial charge is 0.497 e. The fourth-order valence-electron chi connectivity index (χ4n) is 5.94. The highest BCUT2D eigenvalue weighted by atomic mass is 35.5. The lowest BCUT2D eigenvalue weighted by Crippen LogP contribution is -2.32. The summed E-state index contributed by atoms with van der Waals surface area (Å²) in [7, 11) is 1.63. The molecule has 214 valence electrons. The maximum atomic E-state index is 14.0. The molecule has 1 atom stereocenters. The molecule has 3 aromatic carbocycles. The van der Waals surface area contributed by atoms with Crippen LogP contribution in [0.25, 0.3) is 27.6 Å². The zero-order valence-corrected chi connectivity index (χ0v) is 24.1. The first kappa shape index (κ1) is 26.9. The van der Waals surface area contributed by atoms with Gasteiger partial charge in [-0.25, -0.2) is 15.0 Å². The van der Waals surface area contributed by atoms with Gasteiger partial charge >= 0.3 is 0 Å². The molecule has 3 aromatic heterocycles. The van der Waals surface area contributed by atoms with Gasteiger partial charge in [-0.15, -0.1) is 0 Å². The predicted octanol–water partition coefficient (Wildman–Crippen LogP) is 5.54. The van der Waals surface area contributed by atoms with Crippen LogP contribution in [0.3, 0.4) is 0 Å². The number of pyridine rings is 1. The molecule has 6 aromatic rings. The highest BCUT2D eigenvalue weighted by Crippen LogP contribution is 2.37. The molecule has 7 rings (SSSR count). The average Bonchev–Trinajstić information content (AvgIpc) is 3.53. The van der Waals surface area contributed by atoms with Gasteiger partial charge in [-0.05, 0) is 54.8 Å². The fourth-order valence-corrected chi connectivity index (χ4v) is 6.19. The highest BCUT2D eigenvalue weighted by Gasteiger charge is 2.34. The second-order valence-corrected chi connectivity index (χ2v) is 10.9. The predicted molar refractivity (Wildman–Crippen MR) is 168 cm³/mol. The lowest BCUT2D eigenvalue weighted by atomic mass is 10.1. The van der Waals surface area contributed by atoms with Crippen LogP contribution in [-0.4, -0.2) is 37.7 Å². The number of ether oxygens (including phenoxy) is 1. The molecule has 0 radical (unpaired) electrons. The summed E-state index contributed by atoms with van der Waals surface area (Å²) in [4.78, 5) is 43.7. The number of para-hydroxylation sites is 1. The molecule has 0 aliphatic carbocycles. The van der Waals surface area contributed by atoms with E-state index in [0.29, 0.717) is 57.4 Å². The number of hydrogen-bond acceptors (Lipinski definition) is 7. The van der Waals surface area contributed by atoms with Crippen LogP contribution in [0.1, 0.15) is 30.3 Å². The van der Waals surface area contributed by atoms with E-state index in [0.717, 1.165) is 24.2 Å². The number of methoxy groups -OCH3 is 1. The second-order valence-electron chi connectivity index (χ2n) is 10.5. The summed E-state index contributed by atoms with van der Waals surface area (Å²) in [5.41, 5.74) is 2.39. The van der Waals surface area contributed by atoms with Crippen molar-refractivity contribution in [2.45, 2.75) is 25.4 Å². The molecule has 0 unspecified atom stereocenters. The van der Waals surface area contributed by atoms with E-state index < -0.39 is 0 Å². The third-order valence-corrected chi connectivity index (χ3v) is 8.27. The Kier molecular flexibility index (Phi) is 6.87. The van der Waals surface area contributed by atoms with E-state index in [1.54, 1.807) is 42.1 Å². The summed E-state index contributed by atoms with van der Waals surface area (Å²) >= 11 is 6.51. The first-order valence-electron chi connectivity index (χ1n) is 14.0. The standard InChI is InChI=1S/C33H27ClN6O3/c1-43-23-14-12-21(13-15-23)19-38-18-16-27(41)29-31(38)35-20-36-32(29)39-17-6-11-26(39)30-37-25-10-5-9-24(34)28(25)33(42)40(30)22-7-3-2-4-8-22/h2-5,7-10,12-16,18,20,26H,6,11,17,19H2,1H3/t26-/m0/s1. The fraction of sp³-hybridized carbons (Fsp3) is 0.182. The van der Waals surface area contributed by atoms with Crippen molar-refractivity contribution in [2.75, 3.05) is 18.6 Å². The van der Waals surface area contributed by atoms with Crippen molar-refractivity contribution in [2.24, 2.45) is 0 Å². The van der Waals surface area contributed by atoms with Crippen molar-refractivity contribution in [3.63, 3.8) is 0 Å². The summed E-state index contributed by atoms with van der Waals surface area (Å²) in [6.45, 7) is 1.16. The minimum Gasteiger partial charge on any atom is -0.497 e. The molecular weight excluding hydrogens is 564 g/mol. The van der Waals surface area contributed by atoms with E-state index >= 15 is 0 Å². The van der Waals surface area contributed by atoms with Gasteiger partial charge in [0.15, 0.2) is 5.43 Å². The first-order chi connectivity index (χ1) is 21.0. The van der Waals surface area contributed by atoms with Crippen LogP contribution in [-0.2, 0) is 6.54 Å². The quantitative estimate of drug-likeness (QED) is 0.251. The first-order valence-corrected chi connectivity index (χ1v) is 14.4. The van der Waals surface area contributed by atoms with E-state index in [-0.39, 0.29) is 17.0 Å². The van der Waals surface area contributed by atoms with Crippen molar-refractivity contribution in [1.29, 1.82) is 0 Å². The third kappa shape index (κ3) is 4.71. The maximum Gasteiger partial charge on any atom is 0.267 e. The Labute approximate surface area is 251 Å². The van der Waals surface area contributed by atoms with E-state index in [1.807, 2.05) is 59.2 Å². The van der Waals surface area contributed by atoms with Gasteiger partial charge < -0.3 is 14.2 Å². The van der Waals surface area contributed by atoms with Crippen LogP contribution in [0.2, 0.25) is 5.02 Å². The smallest absolute Gasteiger partial charge is 0.267 e. The van der Waals surface area contributed by atoms with Gasteiger partial charge in [0.25, 0.3) is 5.56 Å². The number of rotatable bonds is 6. The number of anilines is 1. The molecule has 1 aliphatic heterocycles. The average molecular weight is 591 g/mol. The minimum absolute atomic E-state index is 0.166. The molecule has 0 bridgehead atoms. The summed E-state index contributed by atoms with van der Waals surface area (Å²) < 4.78 is 8.88. The van der Waals surface area contributed by atoms with Gasteiger partial charge in [-0.1, -0.05) is 48.0 Å². The monoisotopic (exact) mass is 590 g/mol. The van der Waals surface area contributed by atoms with E-state index in [1.165, 1.54) is 6.33 Å². The van der Waals surface area contributed by atoms with Crippen LogP contribution < -0.4 is 20.6 Å². The molecule has 43 heavy (non-hydrogen) atoms. The molecule has 1 aliphatic rings. The number of fused-ring (bicyclic) bond motifs is 2. The Morgan fingerprint density at radius 2 is 1.74 bits per heavy atom. The molecule has 10 heteroatoms. The van der Waals surface area contributed by atoms with Crippen LogP contribution in [0, 0.1) is 0 Å². The van der Waals surface area contributed by atoms with Gasteiger partial charge in [0.1, 0.15) is 34.8 Å². The summed E-state index contributed by atoms with van der Waals surface area (Å²) in [5.74, 6) is 1.88. The van der Waals surface area contributed by atoms with Crippen molar-refractivity contribution in [3.8, 4) is 11.4 Å². The van der Waals surface area contributed by atoms with Gasteiger partial charge in [0, 0.05) is 25.4 Å². The molecule has 0 N–H and O–H groups in total. The summed E-state index contributed by atoms with van der Waals surface area (Å²) in [5, 5.41) is 1.16. The number of nitrogens with zero attached hydrogens (tertiary/aromatic N) is 6. The van der Waals surface area contributed by atoms with Crippen LogP contribution in [0.5, 0.6) is 5.75 Å². The topological polar surface area (TPSA) is 95.1 Å². The lowest BCUT2D eigenvalue weighted by Gasteiger charge is -2.28. The molecular formula is C33H27ClN6O3. The molecule has 0 spiro atoms. The Bertz CT molecular complexity index is 2090. The Balaban J connectivity index is 1.38. The molecule has 4 heterocycles. The van der Waals surface area contributed by atoms with Crippen molar-refractivity contribution in [1.82, 2.24) is 24.1 Å². The van der Waals surface area contributed by atoms with E-state index in [4.69, 9.17) is 21.3 Å². The van der Waals surface area contributed by atoms with E-state index in [2.05, 4.69) is 14.9 Å². The molecule has 9 nitrogen and oxygen atoms in total. The van der Waals surface area contributed by atoms with Gasteiger partial charge in [-0.2, -0.15) is 0 Å².